The van der Waals surface area contributed by atoms with Gasteiger partial charge in [0.2, 0.25) is 5.95 Å². The van der Waals surface area contributed by atoms with Gasteiger partial charge in [0, 0.05) is 47.7 Å². The van der Waals surface area contributed by atoms with E-state index in [4.69, 9.17) is 19.9 Å². The van der Waals surface area contributed by atoms with Gasteiger partial charge in [0.25, 0.3) is 6.02 Å². The molecule has 0 saturated carbocycles. The summed E-state index contributed by atoms with van der Waals surface area (Å²) in [6, 6.07) is 12.0. The molecule has 0 radical (unpaired) electrons. The van der Waals surface area contributed by atoms with Crippen LogP contribution >= 0.6 is 0 Å². The van der Waals surface area contributed by atoms with Crippen LogP contribution in [0, 0.1) is 11.8 Å². The topological polar surface area (TPSA) is 82.2 Å². The Morgan fingerprint density at radius 2 is 1.86 bits per heavy atom. The Morgan fingerprint density at radius 1 is 1.03 bits per heavy atom. The lowest BCUT2D eigenvalue weighted by Crippen LogP contribution is -2.43. The molecule has 1 spiro atoms. The van der Waals surface area contributed by atoms with Crippen LogP contribution in [-0.2, 0) is 15.0 Å². The summed E-state index contributed by atoms with van der Waals surface area (Å²) >= 11 is 0. The third-order valence-corrected chi connectivity index (χ3v) is 7.32. The van der Waals surface area contributed by atoms with Gasteiger partial charge in [-0.15, -0.1) is 0 Å². The van der Waals surface area contributed by atoms with Gasteiger partial charge in [-0.25, -0.2) is 14.4 Å². The first-order valence-corrected chi connectivity index (χ1v) is 11.7. The molecule has 0 amide bonds. The number of fused-ring (bicyclic) bond motifs is 6. The highest BCUT2D eigenvalue weighted by Gasteiger charge is 2.48. The average molecular weight is 476 g/mol. The molecule has 3 aromatic rings. The molecule has 2 saturated heterocycles. The quantitative estimate of drug-likeness (QED) is 0.561. The third-order valence-electron chi connectivity index (χ3n) is 7.32. The summed E-state index contributed by atoms with van der Waals surface area (Å²) in [4.78, 5) is 10.6. The predicted molar refractivity (Wildman–Crippen MR) is 125 cm³/mol. The smallest absolute Gasteiger partial charge is 0.283 e. The van der Waals surface area contributed by atoms with E-state index >= 15 is 4.39 Å². The molecular formula is C26H22F2N4O3. The fourth-order valence-electron chi connectivity index (χ4n) is 5.67. The van der Waals surface area contributed by atoms with Crippen LogP contribution in [-0.4, -0.2) is 42.9 Å². The van der Waals surface area contributed by atoms with E-state index in [9.17, 15) is 4.39 Å². The van der Waals surface area contributed by atoms with E-state index in [1.165, 1.54) is 12.3 Å². The van der Waals surface area contributed by atoms with Crippen molar-refractivity contribution in [1.82, 2.24) is 4.98 Å². The number of aliphatic imine (C=N–C) groups is 1. The molecule has 9 heteroatoms. The van der Waals surface area contributed by atoms with Crippen molar-refractivity contribution >= 4 is 11.7 Å². The van der Waals surface area contributed by atoms with Crippen molar-refractivity contribution in [1.29, 1.82) is 0 Å². The number of hydrogen-bond donors (Lipinski definition) is 1. The highest BCUT2D eigenvalue weighted by atomic mass is 19.1. The molecule has 2 bridgehead atoms. The van der Waals surface area contributed by atoms with Gasteiger partial charge in [-0.1, -0.05) is 6.07 Å². The van der Waals surface area contributed by atoms with Gasteiger partial charge in [0.15, 0.2) is 17.1 Å². The molecule has 178 valence electrons. The zero-order valence-electron chi connectivity index (χ0n) is 18.7. The predicted octanol–water partition coefficient (Wildman–Crippen LogP) is 4.09. The van der Waals surface area contributed by atoms with E-state index in [0.717, 1.165) is 18.5 Å². The van der Waals surface area contributed by atoms with Crippen molar-refractivity contribution in [2.24, 2.45) is 10.7 Å². The lowest BCUT2D eigenvalue weighted by Gasteiger charge is -2.37. The molecule has 0 aliphatic carbocycles. The Hall–Kier alpha value is -3.72. The summed E-state index contributed by atoms with van der Waals surface area (Å²) in [6.45, 7) is 1.48. The number of amidine groups is 1. The van der Waals surface area contributed by atoms with Crippen LogP contribution in [0.15, 0.2) is 53.7 Å². The van der Waals surface area contributed by atoms with Gasteiger partial charge in [-0.2, -0.15) is 4.39 Å². The molecule has 4 aliphatic rings. The standard InChI is InChI=1S/C26H22F2N4O3/c27-21-10-15(32-11-16-4-5-17(12-32)34-16)9-20-23(21)35-22-6-3-14(18-2-1-7-30-24(18)28)8-19(22)26(20)13-33-25(29)31-26/h1-3,6-10,16-17H,4-5,11-13H2,(H2,29,31)/t16?,17?,26-/m0/s1. The Bertz CT molecular complexity index is 1390. The first kappa shape index (κ1) is 20.6. The van der Waals surface area contributed by atoms with E-state index in [-0.39, 0.29) is 30.6 Å². The van der Waals surface area contributed by atoms with E-state index in [2.05, 4.69) is 14.9 Å². The number of nitrogens with zero attached hydrogens (tertiary/aromatic N) is 3. The summed E-state index contributed by atoms with van der Waals surface area (Å²) < 4.78 is 47.7. The first-order chi connectivity index (χ1) is 17.0. The van der Waals surface area contributed by atoms with Gasteiger partial charge in [-0.05, 0) is 48.7 Å². The minimum atomic E-state index is -1.12. The average Bonchev–Trinajstić information content (AvgIpc) is 3.41. The fraction of sp³-hybridized carbons (Fsp3) is 0.308. The van der Waals surface area contributed by atoms with Gasteiger partial charge >= 0.3 is 0 Å². The van der Waals surface area contributed by atoms with Gasteiger partial charge < -0.3 is 24.8 Å². The molecule has 4 aliphatic heterocycles. The molecule has 2 unspecified atom stereocenters. The summed E-state index contributed by atoms with van der Waals surface area (Å²) in [5.74, 6) is -0.549. The monoisotopic (exact) mass is 476 g/mol. The maximum Gasteiger partial charge on any atom is 0.283 e. The van der Waals surface area contributed by atoms with E-state index in [1.807, 2.05) is 6.07 Å². The number of hydrogen-bond acceptors (Lipinski definition) is 7. The molecule has 2 N–H and O–H groups in total. The minimum absolute atomic E-state index is 0.0111. The molecule has 5 heterocycles. The van der Waals surface area contributed by atoms with Crippen LogP contribution in [0.3, 0.4) is 0 Å². The number of pyridine rings is 1. The van der Waals surface area contributed by atoms with Crippen molar-refractivity contribution in [2.45, 2.75) is 30.6 Å². The summed E-state index contributed by atoms with van der Waals surface area (Å²) in [5, 5.41) is 0. The number of morpholine rings is 1. The molecule has 2 fully saturated rings. The number of nitrogens with two attached hydrogens (primary N) is 1. The minimum Gasteiger partial charge on any atom is -0.462 e. The highest BCUT2D eigenvalue weighted by molar-refractivity contribution is 5.78. The Labute approximate surface area is 200 Å². The number of halogens is 2. The molecular weight excluding hydrogens is 454 g/mol. The maximum absolute atomic E-state index is 15.6. The van der Waals surface area contributed by atoms with E-state index < -0.39 is 17.3 Å². The largest absolute Gasteiger partial charge is 0.462 e. The summed E-state index contributed by atoms with van der Waals surface area (Å²) in [6.07, 6.45) is 3.73. The van der Waals surface area contributed by atoms with E-state index in [1.54, 1.807) is 30.3 Å². The zero-order valence-corrected chi connectivity index (χ0v) is 18.7. The number of benzene rings is 2. The fourth-order valence-corrected chi connectivity index (χ4v) is 5.67. The molecule has 1 aromatic heterocycles. The second-order valence-electron chi connectivity index (χ2n) is 9.42. The zero-order chi connectivity index (χ0) is 23.7. The Morgan fingerprint density at radius 3 is 2.60 bits per heavy atom. The molecule has 35 heavy (non-hydrogen) atoms. The Kier molecular flexibility index (Phi) is 4.36. The number of anilines is 1. The number of ether oxygens (including phenoxy) is 3. The normalized spacial score (nSPS) is 26.1. The van der Waals surface area contributed by atoms with Crippen LogP contribution in [0.2, 0.25) is 0 Å². The summed E-state index contributed by atoms with van der Waals surface area (Å²) in [5.41, 5.74) is 7.71. The molecule has 2 aromatic carbocycles. The molecule has 3 atom stereocenters. The highest BCUT2D eigenvalue weighted by Crippen LogP contribution is 2.53. The van der Waals surface area contributed by atoms with Gasteiger partial charge in [0.05, 0.1) is 12.2 Å². The van der Waals surface area contributed by atoms with Crippen molar-refractivity contribution in [3.63, 3.8) is 0 Å². The molecule has 7 nitrogen and oxygen atoms in total. The number of aromatic nitrogens is 1. The van der Waals surface area contributed by atoms with Crippen LogP contribution in [0.5, 0.6) is 11.5 Å². The third kappa shape index (κ3) is 3.11. The lowest BCUT2D eigenvalue weighted by molar-refractivity contribution is 0.0304. The van der Waals surface area contributed by atoms with Crippen molar-refractivity contribution in [3.05, 3.63) is 71.6 Å². The van der Waals surface area contributed by atoms with Gasteiger partial charge in [0.1, 0.15) is 12.4 Å². The van der Waals surface area contributed by atoms with Crippen molar-refractivity contribution < 1.29 is 23.0 Å². The van der Waals surface area contributed by atoms with Gasteiger partial charge in [-0.3, -0.25) is 0 Å². The summed E-state index contributed by atoms with van der Waals surface area (Å²) in [7, 11) is 0. The van der Waals surface area contributed by atoms with Crippen molar-refractivity contribution in [2.75, 3.05) is 24.6 Å². The van der Waals surface area contributed by atoms with Crippen molar-refractivity contribution in [3.8, 4) is 22.6 Å². The van der Waals surface area contributed by atoms with E-state index in [0.29, 0.717) is 41.1 Å². The SMILES string of the molecule is NC1=N[C@@]2(CO1)c1cc(-c3cccnc3F)ccc1Oc1c(F)cc(N3CC4CCC(C3)O4)cc12. The lowest BCUT2D eigenvalue weighted by atomic mass is 9.80. The first-order valence-electron chi connectivity index (χ1n) is 11.7. The van der Waals surface area contributed by atoms with Crippen LogP contribution in [0.25, 0.3) is 11.1 Å². The van der Waals surface area contributed by atoms with Crippen LogP contribution < -0.4 is 15.4 Å². The Balaban J connectivity index is 1.39. The second-order valence-corrected chi connectivity index (χ2v) is 9.42. The van der Waals surface area contributed by atoms with Crippen LogP contribution in [0.1, 0.15) is 24.0 Å². The maximum atomic E-state index is 15.6. The second kappa shape index (κ2) is 7.39. The van der Waals surface area contributed by atoms with Crippen LogP contribution in [0.4, 0.5) is 14.5 Å². The number of rotatable bonds is 2. The molecule has 7 rings (SSSR count).